The molecule has 1 aromatic carbocycles. The molecule has 0 aliphatic rings. The zero-order chi connectivity index (χ0) is 18.9. The van der Waals surface area contributed by atoms with Crippen molar-refractivity contribution in [3.8, 4) is 17.2 Å². The molecule has 1 N–H and O–H groups in total. The number of thiophene rings is 1. The van der Waals surface area contributed by atoms with Crippen LogP contribution >= 0.6 is 11.3 Å². The maximum Gasteiger partial charge on any atom is 0.244 e. The van der Waals surface area contributed by atoms with Crippen LogP contribution in [0.4, 0.5) is 0 Å². The average Bonchev–Trinajstić information content (AvgIpc) is 3.20. The molecule has 1 amide bonds. The van der Waals surface area contributed by atoms with Crippen molar-refractivity contribution in [3.63, 3.8) is 0 Å². The van der Waals surface area contributed by atoms with Gasteiger partial charge in [-0.1, -0.05) is 0 Å². The number of carbonyl (C=O) groups excluding carboxylic acids is 1. The largest absolute Gasteiger partial charge is 0.493 e. The van der Waals surface area contributed by atoms with Crippen molar-refractivity contribution in [2.24, 2.45) is 0 Å². The van der Waals surface area contributed by atoms with Gasteiger partial charge in [-0.05, 0) is 46.2 Å². The molecule has 1 atom stereocenters. The minimum atomic E-state index is -0.212. The van der Waals surface area contributed by atoms with Gasteiger partial charge < -0.3 is 24.3 Å². The lowest BCUT2D eigenvalue weighted by atomic mass is 10.1. The fourth-order valence-corrected chi connectivity index (χ4v) is 3.12. The Morgan fingerprint density at radius 3 is 2.35 bits per heavy atom. The van der Waals surface area contributed by atoms with Gasteiger partial charge in [-0.25, -0.2) is 0 Å². The van der Waals surface area contributed by atoms with Gasteiger partial charge in [0, 0.05) is 19.7 Å². The number of methoxy groups -OCH3 is 4. The molecule has 1 aromatic heterocycles. The zero-order valence-electron chi connectivity index (χ0n) is 15.3. The summed E-state index contributed by atoms with van der Waals surface area (Å²) in [6.07, 6.45) is 2.98. The van der Waals surface area contributed by atoms with Crippen molar-refractivity contribution in [2.45, 2.75) is 6.10 Å². The number of hydrogen-bond donors (Lipinski definition) is 1. The second kappa shape index (κ2) is 9.84. The van der Waals surface area contributed by atoms with Crippen molar-refractivity contribution >= 4 is 23.3 Å². The minimum Gasteiger partial charge on any atom is -0.493 e. The van der Waals surface area contributed by atoms with E-state index >= 15 is 0 Å². The Kier molecular flexibility index (Phi) is 7.50. The molecule has 2 aromatic rings. The summed E-state index contributed by atoms with van der Waals surface area (Å²) in [6.45, 7) is 0.395. The van der Waals surface area contributed by atoms with Gasteiger partial charge in [0.25, 0.3) is 0 Å². The first-order chi connectivity index (χ1) is 12.6. The quantitative estimate of drug-likeness (QED) is 0.679. The first-order valence-corrected chi connectivity index (χ1v) is 8.88. The second-order valence-electron chi connectivity index (χ2n) is 5.32. The van der Waals surface area contributed by atoms with E-state index in [-0.39, 0.29) is 12.0 Å². The Hall–Kier alpha value is -2.51. The molecule has 0 spiro atoms. The smallest absolute Gasteiger partial charge is 0.244 e. The Morgan fingerprint density at radius 2 is 1.85 bits per heavy atom. The highest BCUT2D eigenvalue weighted by Gasteiger charge is 2.13. The predicted molar refractivity (Wildman–Crippen MR) is 102 cm³/mol. The van der Waals surface area contributed by atoms with E-state index in [0.717, 1.165) is 11.1 Å². The molecule has 0 saturated carbocycles. The van der Waals surface area contributed by atoms with Gasteiger partial charge in [0.2, 0.25) is 11.7 Å². The van der Waals surface area contributed by atoms with Gasteiger partial charge in [-0.3, -0.25) is 4.79 Å². The van der Waals surface area contributed by atoms with Crippen LogP contribution in [0.15, 0.2) is 35.0 Å². The summed E-state index contributed by atoms with van der Waals surface area (Å²) in [5, 5.41) is 6.82. The summed E-state index contributed by atoms with van der Waals surface area (Å²) in [4.78, 5) is 12.1. The normalized spacial score (nSPS) is 12.0. The van der Waals surface area contributed by atoms with E-state index < -0.39 is 0 Å². The number of hydrogen-bond acceptors (Lipinski definition) is 6. The van der Waals surface area contributed by atoms with Crippen molar-refractivity contribution in [1.29, 1.82) is 0 Å². The summed E-state index contributed by atoms with van der Waals surface area (Å²) < 4.78 is 21.3. The lowest BCUT2D eigenvalue weighted by Crippen LogP contribution is -2.27. The number of rotatable bonds is 9. The highest BCUT2D eigenvalue weighted by molar-refractivity contribution is 7.07. The third-order valence-corrected chi connectivity index (χ3v) is 4.48. The number of amides is 1. The van der Waals surface area contributed by atoms with E-state index in [2.05, 4.69) is 5.32 Å². The predicted octanol–water partition coefficient (Wildman–Crippen LogP) is 3.29. The first-order valence-electron chi connectivity index (χ1n) is 7.93. The van der Waals surface area contributed by atoms with Crippen LogP contribution in [0.25, 0.3) is 6.08 Å². The molecule has 0 aliphatic heterocycles. The first kappa shape index (κ1) is 19.8. The average molecular weight is 377 g/mol. The van der Waals surface area contributed by atoms with E-state index in [4.69, 9.17) is 18.9 Å². The van der Waals surface area contributed by atoms with E-state index in [1.54, 1.807) is 58.0 Å². The molecule has 6 nitrogen and oxygen atoms in total. The summed E-state index contributed by atoms with van der Waals surface area (Å²) in [7, 11) is 6.27. The van der Waals surface area contributed by atoms with Crippen LogP contribution in [-0.2, 0) is 9.53 Å². The van der Waals surface area contributed by atoms with Gasteiger partial charge in [-0.15, -0.1) is 0 Å². The van der Waals surface area contributed by atoms with Gasteiger partial charge in [0.05, 0.1) is 21.3 Å². The molecule has 1 unspecified atom stereocenters. The number of carbonyl (C=O) groups is 1. The third kappa shape index (κ3) is 5.00. The van der Waals surface area contributed by atoms with Crippen LogP contribution in [0.2, 0.25) is 0 Å². The molecular weight excluding hydrogens is 354 g/mol. The molecule has 140 valence electrons. The zero-order valence-corrected chi connectivity index (χ0v) is 16.1. The molecule has 0 fully saturated rings. The van der Waals surface area contributed by atoms with E-state index in [1.807, 2.05) is 16.8 Å². The lowest BCUT2D eigenvalue weighted by Gasteiger charge is -2.14. The highest BCUT2D eigenvalue weighted by Crippen LogP contribution is 2.38. The van der Waals surface area contributed by atoms with Crippen LogP contribution in [0, 0.1) is 0 Å². The molecule has 2 rings (SSSR count). The van der Waals surface area contributed by atoms with Crippen LogP contribution in [-0.4, -0.2) is 40.9 Å². The summed E-state index contributed by atoms with van der Waals surface area (Å²) in [5.41, 5.74) is 1.81. The third-order valence-electron chi connectivity index (χ3n) is 3.78. The van der Waals surface area contributed by atoms with Gasteiger partial charge in [-0.2, -0.15) is 11.3 Å². The van der Waals surface area contributed by atoms with Crippen molar-refractivity contribution < 1.29 is 23.7 Å². The van der Waals surface area contributed by atoms with Crippen molar-refractivity contribution in [3.05, 3.63) is 46.2 Å². The number of benzene rings is 1. The van der Waals surface area contributed by atoms with Crippen molar-refractivity contribution in [2.75, 3.05) is 35.0 Å². The summed E-state index contributed by atoms with van der Waals surface area (Å²) >= 11 is 1.59. The van der Waals surface area contributed by atoms with Crippen LogP contribution in [0.3, 0.4) is 0 Å². The van der Waals surface area contributed by atoms with Crippen molar-refractivity contribution in [1.82, 2.24) is 5.32 Å². The van der Waals surface area contributed by atoms with Crippen LogP contribution < -0.4 is 19.5 Å². The monoisotopic (exact) mass is 377 g/mol. The second-order valence-corrected chi connectivity index (χ2v) is 6.10. The molecule has 0 saturated heterocycles. The van der Waals surface area contributed by atoms with Gasteiger partial charge in [0.1, 0.15) is 6.10 Å². The minimum absolute atomic E-state index is 0.167. The molecule has 26 heavy (non-hydrogen) atoms. The maximum absolute atomic E-state index is 12.1. The molecule has 7 heteroatoms. The van der Waals surface area contributed by atoms with Crippen LogP contribution in [0.1, 0.15) is 17.2 Å². The fourth-order valence-electron chi connectivity index (χ4n) is 2.42. The molecular formula is C19H23NO5S. The molecule has 0 bridgehead atoms. The number of nitrogens with one attached hydrogen (secondary N) is 1. The fraction of sp³-hybridized carbons (Fsp3) is 0.316. The Morgan fingerprint density at radius 1 is 1.15 bits per heavy atom. The SMILES string of the molecule is COc1cc(/C=C/C(=O)NCC(OC)c2ccsc2)cc(OC)c1OC. The standard InChI is InChI=1S/C19H23NO5S/c1-22-15-9-13(10-16(23-2)19(15)25-4)5-6-18(21)20-11-17(24-3)14-7-8-26-12-14/h5-10,12,17H,11H2,1-4H3,(H,20,21)/b6-5+. The van der Waals surface area contributed by atoms with Gasteiger partial charge >= 0.3 is 0 Å². The maximum atomic E-state index is 12.1. The van der Waals surface area contributed by atoms with Crippen LogP contribution in [0.5, 0.6) is 17.2 Å². The van der Waals surface area contributed by atoms with E-state index in [1.165, 1.54) is 6.08 Å². The van der Waals surface area contributed by atoms with E-state index in [9.17, 15) is 4.79 Å². The molecule has 0 aliphatic carbocycles. The Balaban J connectivity index is 2.03. The summed E-state index contributed by atoms with van der Waals surface area (Å²) in [5.74, 6) is 1.36. The molecule has 0 radical (unpaired) electrons. The molecule has 1 heterocycles. The Labute approximate surface area is 157 Å². The van der Waals surface area contributed by atoms with E-state index in [0.29, 0.717) is 23.8 Å². The highest BCUT2D eigenvalue weighted by atomic mass is 32.1. The number of ether oxygens (including phenoxy) is 4. The summed E-state index contributed by atoms with van der Waals surface area (Å²) in [6, 6.07) is 5.53. The van der Waals surface area contributed by atoms with Gasteiger partial charge in [0.15, 0.2) is 11.5 Å². The lowest BCUT2D eigenvalue weighted by molar-refractivity contribution is -0.117. The Bertz CT molecular complexity index is 717. The topological polar surface area (TPSA) is 66.0 Å².